The van der Waals surface area contributed by atoms with Crippen molar-refractivity contribution < 1.29 is 4.74 Å². The van der Waals surface area contributed by atoms with Gasteiger partial charge in [-0.25, -0.2) is 4.68 Å². The van der Waals surface area contributed by atoms with Crippen LogP contribution < -0.4 is 0 Å². The Bertz CT molecular complexity index is 556. The van der Waals surface area contributed by atoms with E-state index in [0.717, 1.165) is 5.69 Å². The van der Waals surface area contributed by atoms with Crippen molar-refractivity contribution in [3.05, 3.63) is 48.3 Å². The second-order valence-corrected chi connectivity index (χ2v) is 5.32. The van der Waals surface area contributed by atoms with E-state index in [0.29, 0.717) is 6.10 Å². The van der Waals surface area contributed by atoms with Gasteiger partial charge in [-0.1, -0.05) is 25.0 Å². The molecule has 1 saturated carbocycles. The molecule has 1 aromatic heterocycles. The first-order valence-corrected chi connectivity index (χ1v) is 6.65. The Morgan fingerprint density at radius 1 is 1.22 bits per heavy atom. The summed E-state index contributed by atoms with van der Waals surface area (Å²) in [5.74, 6) is 0. The van der Waals surface area contributed by atoms with E-state index in [-0.39, 0.29) is 5.60 Å². The molecule has 1 atom stereocenters. The van der Waals surface area contributed by atoms with Gasteiger partial charge in [0, 0.05) is 12.4 Å². The second-order valence-electron chi connectivity index (χ2n) is 5.32. The van der Waals surface area contributed by atoms with Gasteiger partial charge in [0.25, 0.3) is 0 Å². The van der Waals surface area contributed by atoms with Crippen LogP contribution in [0.25, 0.3) is 5.69 Å². The van der Waals surface area contributed by atoms with Gasteiger partial charge in [0.1, 0.15) is 6.10 Å². The predicted molar refractivity (Wildman–Crippen MR) is 68.6 cm³/mol. The summed E-state index contributed by atoms with van der Waals surface area (Å²) < 4.78 is 7.89. The molecule has 1 aliphatic carbocycles. The van der Waals surface area contributed by atoms with Crippen molar-refractivity contribution in [1.29, 1.82) is 0 Å². The van der Waals surface area contributed by atoms with Crippen LogP contribution in [0.4, 0.5) is 0 Å². The number of rotatable bonds is 2. The molecule has 1 saturated heterocycles. The summed E-state index contributed by atoms with van der Waals surface area (Å²) in [7, 11) is 0. The number of epoxide rings is 1. The predicted octanol–water partition coefficient (Wildman–Crippen LogP) is 3.26. The minimum absolute atomic E-state index is 0.183. The lowest BCUT2D eigenvalue weighted by atomic mass is 9.98. The zero-order valence-corrected chi connectivity index (χ0v) is 10.2. The lowest BCUT2D eigenvalue weighted by molar-refractivity contribution is 0.297. The van der Waals surface area contributed by atoms with E-state index in [2.05, 4.69) is 29.4 Å². The molecule has 4 rings (SSSR count). The van der Waals surface area contributed by atoms with Crippen LogP contribution in [-0.4, -0.2) is 15.4 Å². The molecule has 2 heterocycles. The van der Waals surface area contributed by atoms with Crippen LogP contribution in [0.15, 0.2) is 42.7 Å². The Balaban J connectivity index is 1.65. The molecule has 1 aliphatic heterocycles. The van der Waals surface area contributed by atoms with Gasteiger partial charge in [-0.2, -0.15) is 5.10 Å². The summed E-state index contributed by atoms with van der Waals surface area (Å²) in [4.78, 5) is 0. The largest absolute Gasteiger partial charge is 0.361 e. The van der Waals surface area contributed by atoms with Crippen LogP contribution in [0.2, 0.25) is 0 Å². The van der Waals surface area contributed by atoms with Crippen molar-refractivity contribution in [2.45, 2.75) is 37.4 Å². The minimum atomic E-state index is 0.183. The zero-order chi connectivity index (χ0) is 12.0. The van der Waals surface area contributed by atoms with Crippen molar-refractivity contribution >= 4 is 0 Å². The molecule has 0 radical (unpaired) electrons. The molecule has 1 unspecified atom stereocenters. The summed E-state index contributed by atoms with van der Waals surface area (Å²) >= 11 is 0. The van der Waals surface area contributed by atoms with Gasteiger partial charge in [-0.05, 0) is 36.6 Å². The highest BCUT2D eigenvalue weighted by atomic mass is 16.6. The Morgan fingerprint density at radius 3 is 2.89 bits per heavy atom. The molecular formula is C15H16N2O. The van der Waals surface area contributed by atoms with E-state index < -0.39 is 0 Å². The van der Waals surface area contributed by atoms with Crippen molar-refractivity contribution in [2.75, 3.05) is 0 Å². The van der Waals surface area contributed by atoms with Crippen molar-refractivity contribution in [2.24, 2.45) is 0 Å². The summed E-state index contributed by atoms with van der Waals surface area (Å²) in [6, 6.07) is 10.5. The molecule has 1 aromatic carbocycles. The number of aromatic nitrogens is 2. The minimum Gasteiger partial charge on any atom is -0.361 e. The Kier molecular flexibility index (Phi) is 2.12. The van der Waals surface area contributed by atoms with Gasteiger partial charge in [0.05, 0.1) is 11.3 Å². The normalized spacial score (nSPS) is 24.6. The first kappa shape index (κ1) is 10.3. The molecule has 0 bridgehead atoms. The zero-order valence-electron chi connectivity index (χ0n) is 10.2. The average molecular weight is 240 g/mol. The maximum absolute atomic E-state index is 5.99. The molecular weight excluding hydrogens is 224 g/mol. The van der Waals surface area contributed by atoms with Crippen LogP contribution in [0, 0.1) is 0 Å². The first-order chi connectivity index (χ1) is 8.87. The fourth-order valence-electron chi connectivity index (χ4n) is 3.18. The number of hydrogen-bond donors (Lipinski definition) is 0. The summed E-state index contributed by atoms with van der Waals surface area (Å²) in [5, 5.41) is 4.27. The van der Waals surface area contributed by atoms with Crippen LogP contribution in [0.3, 0.4) is 0 Å². The lowest BCUT2D eigenvalue weighted by Gasteiger charge is -2.05. The van der Waals surface area contributed by atoms with E-state index in [9.17, 15) is 0 Å². The molecule has 0 N–H and O–H groups in total. The maximum atomic E-state index is 5.99. The molecule has 2 fully saturated rings. The maximum Gasteiger partial charge on any atom is 0.112 e. The van der Waals surface area contributed by atoms with Crippen LogP contribution in [-0.2, 0) is 4.74 Å². The van der Waals surface area contributed by atoms with E-state index in [1.165, 1.54) is 31.2 Å². The highest BCUT2D eigenvalue weighted by Crippen LogP contribution is 2.58. The van der Waals surface area contributed by atoms with Crippen molar-refractivity contribution in [3.63, 3.8) is 0 Å². The topological polar surface area (TPSA) is 30.4 Å². The standard InChI is InChI=1S/C15H16N2O/c1-2-8-15(7-1)14(18-15)12-5-3-6-13(11-12)17-10-4-9-16-17/h3-6,9-11,14H,1-2,7-8H2. The first-order valence-electron chi connectivity index (χ1n) is 6.65. The molecule has 2 aliphatic rings. The van der Waals surface area contributed by atoms with Gasteiger partial charge in [-0.3, -0.25) is 0 Å². The van der Waals surface area contributed by atoms with E-state index >= 15 is 0 Å². The summed E-state index contributed by atoms with van der Waals surface area (Å²) in [6.07, 6.45) is 9.17. The highest BCUT2D eigenvalue weighted by Gasteiger charge is 2.57. The number of hydrogen-bond acceptors (Lipinski definition) is 2. The van der Waals surface area contributed by atoms with E-state index in [4.69, 9.17) is 4.74 Å². The van der Waals surface area contributed by atoms with Crippen LogP contribution in [0.5, 0.6) is 0 Å². The molecule has 0 amide bonds. The smallest absolute Gasteiger partial charge is 0.112 e. The van der Waals surface area contributed by atoms with Gasteiger partial charge in [-0.15, -0.1) is 0 Å². The summed E-state index contributed by atoms with van der Waals surface area (Å²) in [5.41, 5.74) is 2.59. The third kappa shape index (κ3) is 1.51. The third-order valence-corrected chi connectivity index (χ3v) is 4.16. The molecule has 92 valence electrons. The Hall–Kier alpha value is -1.61. The number of nitrogens with zero attached hydrogens (tertiary/aromatic N) is 2. The lowest BCUT2D eigenvalue weighted by Crippen LogP contribution is -2.05. The SMILES string of the molecule is c1cc(C2OC23CCCC3)cc(-n2cccn2)c1. The number of ether oxygens (including phenoxy) is 1. The van der Waals surface area contributed by atoms with E-state index in [1.54, 1.807) is 6.20 Å². The fourth-order valence-corrected chi connectivity index (χ4v) is 3.18. The third-order valence-electron chi connectivity index (χ3n) is 4.16. The van der Waals surface area contributed by atoms with Crippen LogP contribution in [0.1, 0.15) is 37.4 Å². The second kappa shape index (κ2) is 3.69. The number of benzene rings is 1. The quantitative estimate of drug-likeness (QED) is 0.754. The van der Waals surface area contributed by atoms with Gasteiger partial charge in [0.15, 0.2) is 0 Å². The Labute approximate surface area is 106 Å². The van der Waals surface area contributed by atoms with Crippen molar-refractivity contribution in [1.82, 2.24) is 9.78 Å². The van der Waals surface area contributed by atoms with Gasteiger partial charge >= 0.3 is 0 Å². The summed E-state index contributed by atoms with van der Waals surface area (Å²) in [6.45, 7) is 0. The molecule has 2 aromatic rings. The fraction of sp³-hybridized carbons (Fsp3) is 0.400. The molecule has 3 nitrogen and oxygen atoms in total. The molecule has 1 spiro atoms. The van der Waals surface area contributed by atoms with Crippen LogP contribution >= 0.6 is 0 Å². The monoisotopic (exact) mass is 240 g/mol. The van der Waals surface area contributed by atoms with Crippen molar-refractivity contribution in [3.8, 4) is 5.69 Å². The molecule has 3 heteroatoms. The van der Waals surface area contributed by atoms with Gasteiger partial charge in [0.2, 0.25) is 0 Å². The molecule has 18 heavy (non-hydrogen) atoms. The Morgan fingerprint density at radius 2 is 2.11 bits per heavy atom. The van der Waals surface area contributed by atoms with Gasteiger partial charge < -0.3 is 4.74 Å². The average Bonchev–Trinajstić information content (AvgIpc) is 2.81. The van der Waals surface area contributed by atoms with E-state index in [1.807, 2.05) is 16.9 Å². The highest BCUT2D eigenvalue weighted by molar-refractivity contribution is 5.39.